The first kappa shape index (κ1) is 15.8. The lowest BCUT2D eigenvalue weighted by Crippen LogP contribution is -2.49. The molecular weight excluding hydrogens is 274 g/mol. The normalized spacial score (nSPS) is 21.4. The number of ether oxygens (including phenoxy) is 1. The van der Waals surface area contributed by atoms with E-state index in [0.29, 0.717) is 0 Å². The van der Waals surface area contributed by atoms with E-state index in [1.165, 1.54) is 44.3 Å². The van der Waals surface area contributed by atoms with E-state index < -0.39 is 0 Å². The van der Waals surface area contributed by atoms with Crippen LogP contribution in [0.5, 0.6) is 5.75 Å². The molecule has 0 radical (unpaired) electrons. The van der Waals surface area contributed by atoms with Gasteiger partial charge in [-0.3, -0.25) is 14.8 Å². The Balaban J connectivity index is 1.58. The van der Waals surface area contributed by atoms with E-state index in [1.807, 2.05) is 6.20 Å². The van der Waals surface area contributed by atoms with Crippen molar-refractivity contribution in [2.24, 2.45) is 0 Å². The quantitative estimate of drug-likeness (QED) is 0.855. The standard InChI is InChI=1S/C18H29N3O/c1-14-12-19-17(15(2)18(14)22-3)13-20-8-10-21(11-9-20)16-6-4-5-7-16/h12,16H,4-11,13H2,1-3H3. The summed E-state index contributed by atoms with van der Waals surface area (Å²) in [7, 11) is 1.75. The van der Waals surface area contributed by atoms with Crippen molar-refractivity contribution in [3.05, 3.63) is 23.0 Å². The third kappa shape index (κ3) is 3.28. The molecule has 1 aliphatic heterocycles. The Morgan fingerprint density at radius 1 is 1.14 bits per heavy atom. The summed E-state index contributed by atoms with van der Waals surface area (Å²) < 4.78 is 5.52. The molecule has 0 N–H and O–H groups in total. The molecule has 1 aliphatic carbocycles. The highest BCUT2D eigenvalue weighted by Crippen LogP contribution is 2.26. The first-order valence-electron chi connectivity index (χ1n) is 8.64. The zero-order chi connectivity index (χ0) is 15.5. The minimum Gasteiger partial charge on any atom is -0.496 e. The molecule has 2 heterocycles. The highest BCUT2D eigenvalue weighted by Gasteiger charge is 2.26. The molecule has 3 rings (SSSR count). The van der Waals surface area contributed by atoms with E-state index in [-0.39, 0.29) is 0 Å². The number of pyridine rings is 1. The third-order valence-electron chi connectivity index (χ3n) is 5.37. The van der Waals surface area contributed by atoms with Gasteiger partial charge in [-0.1, -0.05) is 12.8 Å². The molecule has 0 amide bonds. The van der Waals surface area contributed by atoms with Gasteiger partial charge in [0, 0.05) is 56.1 Å². The monoisotopic (exact) mass is 303 g/mol. The number of aromatic nitrogens is 1. The van der Waals surface area contributed by atoms with Gasteiger partial charge in [-0.25, -0.2) is 0 Å². The van der Waals surface area contributed by atoms with Crippen molar-refractivity contribution in [3.63, 3.8) is 0 Å². The maximum absolute atomic E-state index is 5.52. The summed E-state index contributed by atoms with van der Waals surface area (Å²) in [6.07, 6.45) is 7.62. The molecule has 1 saturated heterocycles. The maximum atomic E-state index is 5.52. The van der Waals surface area contributed by atoms with E-state index in [1.54, 1.807) is 7.11 Å². The Morgan fingerprint density at radius 2 is 1.82 bits per heavy atom. The number of piperazine rings is 1. The number of hydrogen-bond donors (Lipinski definition) is 0. The summed E-state index contributed by atoms with van der Waals surface area (Å²) in [5, 5.41) is 0. The Bertz CT molecular complexity index is 503. The Labute approximate surface area is 134 Å². The van der Waals surface area contributed by atoms with Crippen LogP contribution in [0.2, 0.25) is 0 Å². The number of rotatable bonds is 4. The van der Waals surface area contributed by atoms with Gasteiger partial charge < -0.3 is 4.74 Å². The zero-order valence-electron chi connectivity index (χ0n) is 14.3. The average molecular weight is 303 g/mol. The molecule has 2 aliphatic rings. The van der Waals surface area contributed by atoms with Crippen LogP contribution in [0.3, 0.4) is 0 Å². The zero-order valence-corrected chi connectivity index (χ0v) is 14.3. The van der Waals surface area contributed by atoms with Crippen LogP contribution in [0.1, 0.15) is 42.5 Å². The van der Waals surface area contributed by atoms with Crippen LogP contribution in [-0.4, -0.2) is 54.1 Å². The molecule has 0 bridgehead atoms. The molecule has 0 unspecified atom stereocenters. The van der Waals surface area contributed by atoms with Gasteiger partial charge in [0.1, 0.15) is 5.75 Å². The Hall–Kier alpha value is -1.13. The van der Waals surface area contributed by atoms with Gasteiger partial charge in [0.05, 0.1) is 12.8 Å². The Morgan fingerprint density at radius 3 is 2.45 bits per heavy atom. The summed E-state index contributed by atoms with van der Waals surface area (Å²) >= 11 is 0. The molecule has 4 heteroatoms. The summed E-state index contributed by atoms with van der Waals surface area (Å²) in [6.45, 7) is 9.88. The van der Waals surface area contributed by atoms with Crippen molar-refractivity contribution < 1.29 is 4.74 Å². The molecule has 1 aromatic rings. The van der Waals surface area contributed by atoms with Crippen LogP contribution in [0.25, 0.3) is 0 Å². The molecule has 0 aromatic carbocycles. The van der Waals surface area contributed by atoms with E-state index >= 15 is 0 Å². The Kier molecular flexibility index (Phi) is 4.99. The second-order valence-corrected chi connectivity index (χ2v) is 6.80. The lowest BCUT2D eigenvalue weighted by molar-refractivity contribution is 0.0928. The van der Waals surface area contributed by atoms with Crippen LogP contribution in [0.4, 0.5) is 0 Å². The summed E-state index contributed by atoms with van der Waals surface area (Å²) in [4.78, 5) is 9.89. The highest BCUT2D eigenvalue weighted by molar-refractivity contribution is 5.41. The predicted molar refractivity (Wildman–Crippen MR) is 89.4 cm³/mol. The molecule has 4 nitrogen and oxygen atoms in total. The number of methoxy groups -OCH3 is 1. The molecular formula is C18H29N3O. The van der Waals surface area contributed by atoms with Crippen LogP contribution in [-0.2, 0) is 6.54 Å². The van der Waals surface area contributed by atoms with Gasteiger partial charge in [0.2, 0.25) is 0 Å². The highest BCUT2D eigenvalue weighted by atomic mass is 16.5. The topological polar surface area (TPSA) is 28.6 Å². The van der Waals surface area contributed by atoms with E-state index in [2.05, 4.69) is 28.6 Å². The van der Waals surface area contributed by atoms with E-state index in [9.17, 15) is 0 Å². The smallest absolute Gasteiger partial charge is 0.128 e. The van der Waals surface area contributed by atoms with Gasteiger partial charge in [0.25, 0.3) is 0 Å². The number of nitrogens with zero attached hydrogens (tertiary/aromatic N) is 3. The third-order valence-corrected chi connectivity index (χ3v) is 5.37. The van der Waals surface area contributed by atoms with Crippen molar-refractivity contribution in [2.75, 3.05) is 33.3 Å². The summed E-state index contributed by atoms with van der Waals surface area (Å²) in [6, 6.07) is 0.862. The first-order chi connectivity index (χ1) is 10.7. The largest absolute Gasteiger partial charge is 0.496 e. The van der Waals surface area contributed by atoms with E-state index in [0.717, 1.165) is 42.7 Å². The molecule has 1 saturated carbocycles. The molecule has 22 heavy (non-hydrogen) atoms. The number of hydrogen-bond acceptors (Lipinski definition) is 4. The second-order valence-electron chi connectivity index (χ2n) is 6.80. The van der Waals surface area contributed by atoms with Crippen LogP contribution < -0.4 is 4.74 Å². The summed E-state index contributed by atoms with van der Waals surface area (Å²) in [5.74, 6) is 0.995. The SMILES string of the molecule is COc1c(C)cnc(CN2CCN(C3CCCC3)CC2)c1C. The van der Waals surface area contributed by atoms with Crippen molar-refractivity contribution in [1.29, 1.82) is 0 Å². The maximum Gasteiger partial charge on any atom is 0.128 e. The molecule has 0 spiro atoms. The second kappa shape index (κ2) is 6.97. The van der Waals surface area contributed by atoms with Crippen LogP contribution in [0, 0.1) is 13.8 Å². The average Bonchev–Trinajstić information content (AvgIpc) is 3.06. The fourth-order valence-electron chi connectivity index (χ4n) is 4.00. The van der Waals surface area contributed by atoms with Gasteiger partial charge in [-0.2, -0.15) is 0 Å². The molecule has 0 atom stereocenters. The van der Waals surface area contributed by atoms with Crippen LogP contribution >= 0.6 is 0 Å². The molecule has 122 valence electrons. The van der Waals surface area contributed by atoms with Crippen molar-refractivity contribution in [2.45, 2.75) is 52.1 Å². The van der Waals surface area contributed by atoms with Gasteiger partial charge in [-0.15, -0.1) is 0 Å². The predicted octanol–water partition coefficient (Wildman–Crippen LogP) is 2.77. The lowest BCUT2D eigenvalue weighted by atomic mass is 10.1. The van der Waals surface area contributed by atoms with Crippen molar-refractivity contribution in [1.82, 2.24) is 14.8 Å². The summed E-state index contributed by atoms with van der Waals surface area (Å²) in [5.41, 5.74) is 3.48. The van der Waals surface area contributed by atoms with Crippen LogP contribution in [0.15, 0.2) is 6.20 Å². The minimum absolute atomic E-state index is 0.862. The van der Waals surface area contributed by atoms with E-state index in [4.69, 9.17) is 4.74 Å². The minimum atomic E-state index is 0.862. The molecule has 2 fully saturated rings. The fourth-order valence-corrected chi connectivity index (χ4v) is 4.00. The molecule has 1 aromatic heterocycles. The fraction of sp³-hybridized carbons (Fsp3) is 0.722. The number of aryl methyl sites for hydroxylation is 1. The lowest BCUT2D eigenvalue weighted by Gasteiger charge is -2.38. The van der Waals surface area contributed by atoms with Gasteiger partial charge in [-0.05, 0) is 26.7 Å². The van der Waals surface area contributed by atoms with Gasteiger partial charge >= 0.3 is 0 Å². The first-order valence-corrected chi connectivity index (χ1v) is 8.64. The van der Waals surface area contributed by atoms with Gasteiger partial charge in [0.15, 0.2) is 0 Å². The van der Waals surface area contributed by atoms with Crippen molar-refractivity contribution in [3.8, 4) is 5.75 Å². The van der Waals surface area contributed by atoms with Crippen molar-refractivity contribution >= 4 is 0 Å².